The van der Waals surface area contributed by atoms with Gasteiger partial charge in [-0.15, -0.1) is 0 Å². The van der Waals surface area contributed by atoms with Gasteiger partial charge in [0, 0.05) is 6.07 Å². The average Bonchev–Trinajstić information content (AvgIpc) is 0.744. The Bertz CT molecular complexity index is 2920. The largest absolute Gasteiger partial charge is 0.485 e. The topological polar surface area (TPSA) is 55.4 Å². The van der Waals surface area contributed by atoms with E-state index in [1.54, 1.807) is 19.1 Å². The van der Waals surface area contributed by atoms with Crippen LogP contribution in [0, 0.1) is 5.92 Å². The second-order valence-corrected chi connectivity index (χ2v) is 21.9. The minimum Gasteiger partial charge on any atom is -0.485 e. The molecule has 0 fully saturated rings. The van der Waals surface area contributed by atoms with E-state index < -0.39 is 164 Å². The van der Waals surface area contributed by atoms with E-state index in [9.17, 15) is 158 Å². The highest BCUT2D eigenvalue weighted by atomic mass is 19.5. The minimum atomic E-state index is -7.98. The van der Waals surface area contributed by atoms with Crippen LogP contribution < -0.4 is 9.47 Å². The molecule has 0 radical (unpaired) electrons. The summed E-state index contributed by atoms with van der Waals surface area (Å²) in [6.45, 7) is -7.40. The van der Waals surface area contributed by atoms with Crippen molar-refractivity contribution in [2.75, 3.05) is 26.4 Å². The van der Waals surface area contributed by atoms with Crippen LogP contribution in [0.1, 0.15) is 70.1 Å². The van der Waals surface area contributed by atoms with Crippen LogP contribution in [-0.2, 0) is 38.2 Å². The van der Waals surface area contributed by atoms with Crippen molar-refractivity contribution in [2.24, 2.45) is 5.92 Å². The number of benzene rings is 4. The number of rotatable bonds is 27. The van der Waals surface area contributed by atoms with Crippen molar-refractivity contribution >= 4 is 0 Å². The molecule has 0 heterocycles. The molecule has 42 heteroatoms. The SMILES string of the molecule is CCCCC(CC)Cc1ccc(-c2ccc(-c3ccc(-c4cc(OC(COC(C(F)(F)F)(C(F)(F)F)C(F)(F)F)COC(C(F)(F)F)(C(F)(F)F)C(F)(F)F)cc(OC(COC(C(F)(F)F)(C(F)(F)F)C(F)(F)F)COC(C(F)(F)F)(C(F)(F)F)C(F)(F)F)c4)cc3CC)cc2CC)cc1. The Labute approximate surface area is 540 Å². The molecule has 0 aliphatic rings. The van der Waals surface area contributed by atoms with Crippen molar-refractivity contribution in [3.05, 3.63) is 95.6 Å². The molecular weight excluding hydrogens is 1480 g/mol. The molecule has 0 saturated carbocycles. The number of halogens is 36. The van der Waals surface area contributed by atoms with E-state index in [4.69, 9.17) is 0 Å². The molecule has 4 aromatic rings. The van der Waals surface area contributed by atoms with Gasteiger partial charge in [-0.3, -0.25) is 0 Å². The molecule has 4 rings (SSSR count). The summed E-state index contributed by atoms with van der Waals surface area (Å²) in [6, 6.07) is 14.3. The number of hydrogen-bond acceptors (Lipinski definition) is 6. The molecule has 0 N–H and O–H groups in total. The summed E-state index contributed by atoms with van der Waals surface area (Å²) in [7, 11) is 0. The summed E-state index contributed by atoms with van der Waals surface area (Å²) >= 11 is 0. The van der Waals surface area contributed by atoms with E-state index in [2.05, 4.69) is 28.4 Å². The van der Waals surface area contributed by atoms with Crippen molar-refractivity contribution in [2.45, 2.75) is 181 Å². The third-order valence-corrected chi connectivity index (χ3v) is 15.2. The van der Waals surface area contributed by atoms with Gasteiger partial charge in [0.05, 0.1) is 26.4 Å². The fourth-order valence-corrected chi connectivity index (χ4v) is 10.1. The van der Waals surface area contributed by atoms with E-state index >= 15 is 0 Å². The summed E-state index contributed by atoms with van der Waals surface area (Å²) in [6.07, 6.45) is -99.8. The smallest absolute Gasteiger partial charge is 0.435 e. The third-order valence-electron chi connectivity index (χ3n) is 15.2. The molecule has 0 bridgehead atoms. The summed E-state index contributed by atoms with van der Waals surface area (Å²) in [5, 5.41) is 0. The van der Waals surface area contributed by atoms with Gasteiger partial charge in [-0.05, 0) is 87.4 Å². The third kappa shape index (κ3) is 17.5. The van der Waals surface area contributed by atoms with Crippen molar-refractivity contribution in [3.63, 3.8) is 0 Å². The lowest BCUT2D eigenvalue weighted by atomic mass is 9.89. The zero-order valence-electron chi connectivity index (χ0n) is 50.6. The van der Waals surface area contributed by atoms with Crippen molar-refractivity contribution in [1.29, 1.82) is 0 Å². The number of alkyl halides is 36. The minimum absolute atomic E-state index is 0.00179. The van der Waals surface area contributed by atoms with E-state index in [0.29, 0.717) is 22.6 Å². The first-order valence-corrected chi connectivity index (χ1v) is 28.2. The average molecular weight is 1530 g/mol. The van der Waals surface area contributed by atoms with Crippen LogP contribution in [0.2, 0.25) is 0 Å². The maximum atomic E-state index is 14.1. The molecule has 0 aromatic heterocycles. The Hall–Kier alpha value is -6.20. The highest BCUT2D eigenvalue weighted by Gasteiger charge is 2.89. The van der Waals surface area contributed by atoms with Gasteiger partial charge in [-0.25, -0.2) is 0 Å². The zero-order chi connectivity index (χ0) is 77.3. The van der Waals surface area contributed by atoms with Crippen LogP contribution >= 0.6 is 0 Å². The summed E-state index contributed by atoms with van der Waals surface area (Å²) in [4.78, 5) is 0. The molecule has 4 aromatic carbocycles. The molecule has 570 valence electrons. The second-order valence-electron chi connectivity index (χ2n) is 21.9. The van der Waals surface area contributed by atoms with E-state index in [-0.39, 0.29) is 41.7 Å². The fourth-order valence-electron chi connectivity index (χ4n) is 10.1. The van der Waals surface area contributed by atoms with E-state index in [1.165, 1.54) is 13.0 Å². The molecule has 0 aliphatic heterocycles. The highest BCUT2D eigenvalue weighted by Crippen LogP contribution is 2.60. The maximum absolute atomic E-state index is 14.1. The number of unbranched alkanes of at least 4 members (excludes halogenated alkanes) is 1. The molecule has 0 aliphatic carbocycles. The van der Waals surface area contributed by atoms with Gasteiger partial charge in [0.15, 0.2) is 0 Å². The molecule has 0 amide bonds. The Morgan fingerprint density at radius 1 is 0.300 bits per heavy atom. The normalized spacial score (nSPS) is 14.9. The van der Waals surface area contributed by atoms with E-state index in [1.807, 2.05) is 38.1 Å². The molecular formula is C58H50F36O6. The lowest BCUT2D eigenvalue weighted by Gasteiger charge is -2.40. The van der Waals surface area contributed by atoms with Gasteiger partial charge in [-0.1, -0.05) is 114 Å². The molecule has 0 saturated heterocycles. The van der Waals surface area contributed by atoms with Crippen LogP contribution in [0.5, 0.6) is 11.5 Å². The molecule has 6 nitrogen and oxygen atoms in total. The first-order chi connectivity index (χ1) is 45.0. The fraction of sp³-hybridized carbons (Fsp3) is 0.586. The van der Waals surface area contributed by atoms with Gasteiger partial charge in [0.25, 0.3) is 0 Å². The van der Waals surface area contributed by atoms with Crippen LogP contribution in [0.15, 0.2) is 78.9 Å². The van der Waals surface area contributed by atoms with Gasteiger partial charge >= 0.3 is 96.5 Å². The highest BCUT2D eigenvalue weighted by molar-refractivity contribution is 5.78. The van der Waals surface area contributed by atoms with Crippen LogP contribution in [0.3, 0.4) is 0 Å². The molecule has 1 unspecified atom stereocenters. The maximum Gasteiger partial charge on any atom is 0.435 e. The standard InChI is InChI=1S/C58H50F36O6/c1-5-9-10-29(6-2)19-30-11-13-33(14-12-30)41-18-16-35(21-32(41)8-4)42-17-15-34(20-31(42)7-3)36-22-37(99-39(25-95-43(47(59,60)61,48(62,63)64)49(65,66)67)26-96-44(50(68,69)70,51(71,72)73)52(74,75)76)24-38(23-36)100-40(27-97-45(53(77,78)79,54(80,81)82)55(83,84)85)28-98-46(56(86,87)88,57(89,90)91)58(92,93)94/h11-18,20-24,29,39-40H,5-10,19,25-28H2,1-4H3. The van der Waals surface area contributed by atoms with E-state index in [0.717, 1.165) is 55.9 Å². The molecule has 100 heavy (non-hydrogen) atoms. The van der Waals surface area contributed by atoms with Crippen LogP contribution in [0.4, 0.5) is 158 Å². The van der Waals surface area contributed by atoms with Gasteiger partial charge < -0.3 is 28.4 Å². The van der Waals surface area contributed by atoms with Crippen molar-refractivity contribution in [1.82, 2.24) is 0 Å². The number of hydrogen-bond donors (Lipinski definition) is 0. The van der Waals surface area contributed by atoms with Crippen LogP contribution in [0.25, 0.3) is 33.4 Å². The lowest BCUT2D eigenvalue weighted by molar-refractivity contribution is -0.466. The molecule has 0 spiro atoms. The Kier molecular flexibility index (Phi) is 25.8. The van der Waals surface area contributed by atoms with Gasteiger partial charge in [0.2, 0.25) is 0 Å². The zero-order valence-corrected chi connectivity index (χ0v) is 50.6. The van der Waals surface area contributed by atoms with Crippen molar-refractivity contribution in [3.8, 4) is 44.9 Å². The monoisotopic (exact) mass is 1530 g/mol. The number of aryl methyl sites for hydroxylation is 2. The predicted octanol–water partition coefficient (Wildman–Crippen LogP) is 21.8. The first kappa shape index (κ1) is 86.2. The second kappa shape index (κ2) is 29.9. The van der Waals surface area contributed by atoms with Crippen molar-refractivity contribution < 1.29 is 186 Å². The Morgan fingerprint density at radius 3 is 0.840 bits per heavy atom. The van der Waals surface area contributed by atoms with Gasteiger partial charge in [0.1, 0.15) is 23.7 Å². The van der Waals surface area contributed by atoms with Gasteiger partial charge in [-0.2, -0.15) is 158 Å². The molecule has 1 atom stereocenters. The Morgan fingerprint density at radius 2 is 0.570 bits per heavy atom. The summed E-state index contributed by atoms with van der Waals surface area (Å²) < 4.78 is 528. The number of ether oxygens (including phenoxy) is 6. The lowest BCUT2D eigenvalue weighted by Crippen LogP contribution is -2.69. The Balaban J connectivity index is 2.17. The first-order valence-electron chi connectivity index (χ1n) is 28.2. The predicted molar refractivity (Wildman–Crippen MR) is 275 cm³/mol. The summed E-state index contributed by atoms with van der Waals surface area (Å²) in [5.74, 6) is -3.83. The summed E-state index contributed by atoms with van der Waals surface area (Å²) in [5.41, 5.74) is -29.6. The van der Waals surface area contributed by atoms with Crippen LogP contribution in [-0.4, -0.2) is 135 Å². The quantitative estimate of drug-likeness (QED) is 0.0555.